The van der Waals surface area contributed by atoms with Gasteiger partial charge in [0.05, 0.1) is 0 Å². The first-order valence-electron chi connectivity index (χ1n) is 5.73. The highest BCUT2D eigenvalue weighted by atomic mass is 19.4. The fourth-order valence-electron chi connectivity index (χ4n) is 1.96. The molecule has 0 unspecified atom stereocenters. The molecule has 1 heterocycles. The van der Waals surface area contributed by atoms with E-state index in [0.29, 0.717) is 17.0 Å². The Labute approximate surface area is 101 Å². The molecule has 0 spiro atoms. The summed E-state index contributed by atoms with van der Waals surface area (Å²) in [5, 5.41) is 0. The zero-order valence-electron chi connectivity index (χ0n) is 9.61. The van der Waals surface area contributed by atoms with E-state index in [9.17, 15) is 22.8 Å². The molecule has 0 amide bonds. The molecular weight excluding hydrogens is 249 g/mol. The van der Waals surface area contributed by atoms with Gasteiger partial charge in [-0.05, 0) is 18.8 Å². The monoisotopic (exact) mass is 262 g/mol. The molecule has 2 rings (SSSR count). The first-order valence-corrected chi connectivity index (χ1v) is 5.73. The molecule has 0 aromatic carbocycles. The predicted molar refractivity (Wildman–Crippen MR) is 58.4 cm³/mol. The van der Waals surface area contributed by atoms with Gasteiger partial charge >= 0.3 is 17.3 Å². The van der Waals surface area contributed by atoms with Gasteiger partial charge in [-0.15, -0.1) is 0 Å². The molecule has 0 atom stereocenters. The van der Waals surface area contributed by atoms with Gasteiger partial charge in [-0.2, -0.15) is 13.2 Å². The van der Waals surface area contributed by atoms with Crippen LogP contribution in [-0.2, 0) is 13.1 Å². The van der Waals surface area contributed by atoms with Gasteiger partial charge in [0.1, 0.15) is 6.54 Å². The smallest absolute Gasteiger partial charge is 0.309 e. The summed E-state index contributed by atoms with van der Waals surface area (Å²) in [7, 11) is 0. The third-order valence-corrected chi connectivity index (χ3v) is 3.16. The lowest BCUT2D eigenvalue weighted by Gasteiger charge is -2.25. The van der Waals surface area contributed by atoms with Crippen LogP contribution in [0.5, 0.6) is 0 Å². The third-order valence-electron chi connectivity index (χ3n) is 3.16. The van der Waals surface area contributed by atoms with Crippen LogP contribution in [0.15, 0.2) is 22.0 Å². The maximum absolute atomic E-state index is 12.2. The number of nitrogens with zero attached hydrogens (tertiary/aromatic N) is 2. The van der Waals surface area contributed by atoms with Gasteiger partial charge in [0.15, 0.2) is 0 Å². The number of hydrogen-bond acceptors (Lipinski definition) is 2. The van der Waals surface area contributed by atoms with Crippen molar-refractivity contribution >= 4 is 0 Å². The van der Waals surface area contributed by atoms with E-state index >= 15 is 0 Å². The van der Waals surface area contributed by atoms with Crippen molar-refractivity contribution in [2.75, 3.05) is 0 Å². The fourth-order valence-corrected chi connectivity index (χ4v) is 1.96. The van der Waals surface area contributed by atoms with Crippen molar-refractivity contribution in [2.45, 2.75) is 38.5 Å². The highest BCUT2D eigenvalue weighted by molar-refractivity contribution is 4.88. The summed E-state index contributed by atoms with van der Waals surface area (Å²) in [5.41, 5.74) is -2.00. The Morgan fingerprint density at radius 2 is 1.67 bits per heavy atom. The van der Waals surface area contributed by atoms with Crippen LogP contribution in [0.25, 0.3) is 0 Å². The molecule has 7 heteroatoms. The van der Waals surface area contributed by atoms with Crippen molar-refractivity contribution < 1.29 is 13.2 Å². The molecule has 1 aliphatic carbocycles. The van der Waals surface area contributed by atoms with Crippen LogP contribution in [-0.4, -0.2) is 15.3 Å². The van der Waals surface area contributed by atoms with Gasteiger partial charge in [0.25, 0.3) is 0 Å². The van der Waals surface area contributed by atoms with Crippen LogP contribution in [0.3, 0.4) is 0 Å². The molecule has 1 saturated carbocycles. The Hall–Kier alpha value is -1.53. The summed E-state index contributed by atoms with van der Waals surface area (Å²) in [6, 6.07) is 0. The van der Waals surface area contributed by atoms with Crippen molar-refractivity contribution in [2.24, 2.45) is 5.92 Å². The molecule has 18 heavy (non-hydrogen) atoms. The van der Waals surface area contributed by atoms with E-state index in [1.54, 1.807) is 0 Å². The topological polar surface area (TPSA) is 44.0 Å². The summed E-state index contributed by atoms with van der Waals surface area (Å²) in [6.07, 6.45) is 0.876. The number of alkyl halides is 3. The van der Waals surface area contributed by atoms with Crippen LogP contribution >= 0.6 is 0 Å². The van der Waals surface area contributed by atoms with Crippen LogP contribution < -0.4 is 11.1 Å². The Bertz CT molecular complexity index is 540. The van der Waals surface area contributed by atoms with Gasteiger partial charge in [-0.1, -0.05) is 6.42 Å². The molecule has 0 aliphatic heterocycles. The number of aromatic nitrogens is 2. The van der Waals surface area contributed by atoms with E-state index < -0.39 is 23.8 Å². The van der Waals surface area contributed by atoms with Gasteiger partial charge < -0.3 is 9.13 Å². The third kappa shape index (κ3) is 2.83. The maximum Gasteiger partial charge on any atom is 0.406 e. The van der Waals surface area contributed by atoms with Crippen molar-refractivity contribution in [3.05, 3.63) is 33.1 Å². The number of rotatable bonds is 3. The van der Waals surface area contributed by atoms with Crippen molar-refractivity contribution in [3.63, 3.8) is 0 Å². The average molecular weight is 262 g/mol. The lowest BCUT2D eigenvalue weighted by Crippen LogP contribution is -2.43. The molecule has 100 valence electrons. The van der Waals surface area contributed by atoms with Gasteiger partial charge in [-0.25, -0.2) is 0 Å². The molecule has 0 radical (unpaired) electrons. The minimum Gasteiger partial charge on any atom is -0.309 e. The lowest BCUT2D eigenvalue weighted by atomic mass is 9.85. The largest absolute Gasteiger partial charge is 0.406 e. The Kier molecular flexibility index (Phi) is 3.32. The molecule has 4 nitrogen and oxygen atoms in total. The lowest BCUT2D eigenvalue weighted by molar-refractivity contribution is -0.141. The minimum absolute atomic E-state index is 0.362. The molecule has 1 aromatic rings. The van der Waals surface area contributed by atoms with Crippen molar-refractivity contribution in [1.29, 1.82) is 0 Å². The molecular formula is C11H13F3N2O2. The van der Waals surface area contributed by atoms with E-state index in [2.05, 4.69) is 0 Å². The Morgan fingerprint density at radius 3 is 2.17 bits per heavy atom. The molecule has 0 N–H and O–H groups in total. The van der Waals surface area contributed by atoms with Crippen molar-refractivity contribution in [3.8, 4) is 0 Å². The second-order valence-corrected chi connectivity index (χ2v) is 4.60. The summed E-state index contributed by atoms with van der Waals surface area (Å²) < 4.78 is 38.1. The second-order valence-electron chi connectivity index (χ2n) is 4.60. The number of halogens is 3. The normalized spacial score (nSPS) is 16.6. The second kappa shape index (κ2) is 4.62. The SMILES string of the molecule is O=c1c(=O)n(CC(F)(F)F)ccn1CC1CCC1. The standard InChI is InChI=1S/C11H13F3N2O2/c12-11(13,14)7-16-5-4-15(9(17)10(16)18)6-8-2-1-3-8/h4-5,8H,1-3,6-7H2. The molecule has 1 aromatic heterocycles. The van der Waals surface area contributed by atoms with E-state index in [1.807, 2.05) is 0 Å². The zero-order chi connectivity index (χ0) is 13.3. The highest BCUT2D eigenvalue weighted by Crippen LogP contribution is 2.27. The van der Waals surface area contributed by atoms with Gasteiger partial charge in [0, 0.05) is 18.9 Å². The van der Waals surface area contributed by atoms with E-state index in [1.165, 1.54) is 10.8 Å². The summed E-state index contributed by atoms with van der Waals surface area (Å²) >= 11 is 0. The predicted octanol–water partition coefficient (Wildman–Crippen LogP) is 1.37. The first-order chi connectivity index (χ1) is 8.37. The molecule has 1 fully saturated rings. The Balaban J connectivity index is 2.24. The maximum atomic E-state index is 12.2. The van der Waals surface area contributed by atoms with E-state index in [4.69, 9.17) is 0 Å². The summed E-state index contributed by atoms with van der Waals surface area (Å²) in [4.78, 5) is 23.1. The van der Waals surface area contributed by atoms with Crippen molar-refractivity contribution in [1.82, 2.24) is 9.13 Å². The van der Waals surface area contributed by atoms with E-state index in [0.717, 1.165) is 25.5 Å². The van der Waals surface area contributed by atoms with Gasteiger partial charge in [0.2, 0.25) is 0 Å². The zero-order valence-corrected chi connectivity index (χ0v) is 9.61. The van der Waals surface area contributed by atoms with Gasteiger partial charge in [-0.3, -0.25) is 9.59 Å². The highest BCUT2D eigenvalue weighted by Gasteiger charge is 2.29. The van der Waals surface area contributed by atoms with Crippen LogP contribution in [0.4, 0.5) is 13.2 Å². The summed E-state index contributed by atoms with van der Waals surface area (Å²) in [6.45, 7) is -1.01. The fraction of sp³-hybridized carbons (Fsp3) is 0.636. The first kappa shape index (κ1) is 12.9. The quantitative estimate of drug-likeness (QED) is 0.772. The minimum atomic E-state index is -4.50. The van der Waals surface area contributed by atoms with Crippen LogP contribution in [0.2, 0.25) is 0 Å². The summed E-state index contributed by atoms with van der Waals surface area (Å²) in [5.74, 6) is 0.362. The van der Waals surface area contributed by atoms with E-state index in [-0.39, 0.29) is 0 Å². The van der Waals surface area contributed by atoms with Crippen LogP contribution in [0.1, 0.15) is 19.3 Å². The average Bonchev–Trinajstić information content (AvgIpc) is 2.19. The molecule has 1 aliphatic rings. The molecule has 0 bridgehead atoms. The number of hydrogen-bond donors (Lipinski definition) is 0. The van der Waals surface area contributed by atoms with Crippen LogP contribution in [0, 0.1) is 5.92 Å². The Morgan fingerprint density at radius 1 is 1.11 bits per heavy atom. The molecule has 0 saturated heterocycles.